The summed E-state index contributed by atoms with van der Waals surface area (Å²) < 4.78 is 7.36. The van der Waals surface area contributed by atoms with E-state index < -0.39 is 0 Å². The van der Waals surface area contributed by atoms with Gasteiger partial charge in [-0.25, -0.2) is 9.50 Å². The molecule has 1 saturated heterocycles. The first kappa shape index (κ1) is 21.4. The van der Waals surface area contributed by atoms with Crippen molar-refractivity contribution >= 4 is 17.2 Å². The maximum absolute atomic E-state index is 11.8. The summed E-state index contributed by atoms with van der Waals surface area (Å²) >= 11 is 0. The van der Waals surface area contributed by atoms with E-state index in [2.05, 4.69) is 32.9 Å². The molecule has 0 spiro atoms. The summed E-state index contributed by atoms with van der Waals surface area (Å²) in [5.74, 6) is 1.50. The van der Waals surface area contributed by atoms with Gasteiger partial charge in [0.15, 0.2) is 0 Å². The zero-order chi connectivity index (χ0) is 22.7. The Morgan fingerprint density at radius 3 is 2.75 bits per heavy atom. The van der Waals surface area contributed by atoms with Gasteiger partial charge in [-0.15, -0.1) is 0 Å². The minimum Gasteiger partial charge on any atom is -0.492 e. The molecule has 1 aliphatic heterocycles. The van der Waals surface area contributed by atoms with Crippen LogP contribution in [0, 0.1) is 11.3 Å². The fourth-order valence-corrected chi connectivity index (χ4v) is 3.94. The van der Waals surface area contributed by atoms with E-state index in [1.54, 1.807) is 23.8 Å². The van der Waals surface area contributed by atoms with Gasteiger partial charge in [0.05, 0.1) is 30.1 Å². The highest BCUT2D eigenvalue weighted by Gasteiger charge is 2.22. The quantitative estimate of drug-likeness (QED) is 0.603. The number of piperidine rings is 1. The number of anilines is 1. The molecule has 4 rings (SSSR count). The van der Waals surface area contributed by atoms with Crippen molar-refractivity contribution in [3.05, 3.63) is 54.5 Å². The smallest absolute Gasteiger partial charge is 0.246 e. The molecule has 1 aliphatic rings. The number of carbonyl (C=O) groups excluding carboxylic acids is 1. The topological polar surface area (TPSA) is 95.5 Å². The molecule has 4 heterocycles. The zero-order valence-electron chi connectivity index (χ0n) is 18.3. The number of hydrogen-bond donors (Lipinski definition) is 1. The minimum atomic E-state index is -0.0804. The van der Waals surface area contributed by atoms with Crippen molar-refractivity contribution in [2.24, 2.45) is 0 Å². The Morgan fingerprint density at radius 1 is 1.34 bits per heavy atom. The molecule has 8 nitrogen and oxygen atoms in total. The number of pyridine rings is 2. The van der Waals surface area contributed by atoms with Gasteiger partial charge in [-0.05, 0) is 44.9 Å². The molecule has 0 unspecified atom stereocenters. The fourth-order valence-electron chi connectivity index (χ4n) is 3.94. The summed E-state index contributed by atoms with van der Waals surface area (Å²) in [4.78, 5) is 18.8. The second-order valence-corrected chi connectivity index (χ2v) is 7.91. The van der Waals surface area contributed by atoms with E-state index in [0.717, 1.165) is 48.4 Å². The van der Waals surface area contributed by atoms with Crippen molar-refractivity contribution in [2.45, 2.75) is 32.7 Å². The Bertz CT molecular complexity index is 1180. The van der Waals surface area contributed by atoms with Crippen molar-refractivity contribution in [3.63, 3.8) is 0 Å². The molecular weight excluding hydrogens is 404 g/mol. The van der Waals surface area contributed by atoms with Crippen LogP contribution in [0.4, 0.5) is 5.82 Å². The zero-order valence-corrected chi connectivity index (χ0v) is 18.3. The van der Waals surface area contributed by atoms with Crippen molar-refractivity contribution in [1.82, 2.24) is 19.9 Å². The van der Waals surface area contributed by atoms with Crippen LogP contribution in [-0.4, -0.2) is 46.2 Å². The third-order valence-corrected chi connectivity index (χ3v) is 5.62. The second-order valence-electron chi connectivity index (χ2n) is 7.91. The largest absolute Gasteiger partial charge is 0.492 e. The molecule has 0 aliphatic carbocycles. The number of nitrogens with zero attached hydrogens (tertiary/aromatic N) is 5. The summed E-state index contributed by atoms with van der Waals surface area (Å²) in [5.41, 5.74) is 3.52. The summed E-state index contributed by atoms with van der Waals surface area (Å²) in [6.45, 7) is 9.52. The molecule has 0 atom stereocenters. The van der Waals surface area contributed by atoms with Gasteiger partial charge in [-0.1, -0.05) is 6.58 Å². The van der Waals surface area contributed by atoms with E-state index in [0.29, 0.717) is 23.5 Å². The van der Waals surface area contributed by atoms with Gasteiger partial charge in [-0.2, -0.15) is 10.4 Å². The SMILES string of the molecule is C=C(C)C(=O)NC1CCN(c2ccc(-c3cc(OCC)cn4ncc(C#N)c34)cn2)CC1. The van der Waals surface area contributed by atoms with E-state index in [9.17, 15) is 10.1 Å². The maximum Gasteiger partial charge on any atom is 0.246 e. The standard InChI is InChI=1S/C24H26N6O2/c1-4-32-20-11-21(23-18(12-25)14-27-30(23)15-20)17-5-6-22(26-13-17)29-9-7-19(8-10-29)28-24(31)16(2)3/h5-6,11,13-15,19H,2,4,7-10H2,1,3H3,(H,28,31). The normalized spacial score (nSPS) is 14.2. The van der Waals surface area contributed by atoms with Crippen molar-refractivity contribution < 1.29 is 9.53 Å². The van der Waals surface area contributed by atoms with Crippen molar-refractivity contribution in [1.29, 1.82) is 5.26 Å². The second kappa shape index (κ2) is 9.10. The molecule has 0 saturated carbocycles. The third-order valence-electron chi connectivity index (χ3n) is 5.62. The molecule has 0 bridgehead atoms. The predicted octanol–water partition coefficient (Wildman–Crippen LogP) is 3.33. The highest BCUT2D eigenvalue weighted by Crippen LogP contribution is 2.31. The van der Waals surface area contributed by atoms with Gasteiger partial charge >= 0.3 is 0 Å². The van der Waals surface area contributed by atoms with Crippen LogP contribution in [-0.2, 0) is 4.79 Å². The van der Waals surface area contributed by atoms with Crippen LogP contribution in [0.2, 0.25) is 0 Å². The molecular formula is C24H26N6O2. The third kappa shape index (κ3) is 4.28. The number of fused-ring (bicyclic) bond motifs is 1. The van der Waals surface area contributed by atoms with Crippen LogP contribution in [0.5, 0.6) is 5.75 Å². The molecule has 164 valence electrons. The lowest BCUT2D eigenvalue weighted by Crippen LogP contribution is -2.45. The van der Waals surface area contributed by atoms with Gasteiger partial charge in [0.1, 0.15) is 17.6 Å². The van der Waals surface area contributed by atoms with Crippen LogP contribution in [0.25, 0.3) is 16.6 Å². The molecule has 1 fully saturated rings. The number of nitriles is 1. The van der Waals surface area contributed by atoms with Crippen LogP contribution in [0.15, 0.2) is 48.9 Å². The van der Waals surface area contributed by atoms with Crippen LogP contribution < -0.4 is 15.0 Å². The van der Waals surface area contributed by atoms with Gasteiger partial charge < -0.3 is 15.0 Å². The highest BCUT2D eigenvalue weighted by atomic mass is 16.5. The average molecular weight is 431 g/mol. The summed E-state index contributed by atoms with van der Waals surface area (Å²) in [7, 11) is 0. The van der Waals surface area contributed by atoms with Gasteiger partial charge in [0.25, 0.3) is 0 Å². The Balaban J connectivity index is 1.54. The number of amides is 1. The first-order valence-corrected chi connectivity index (χ1v) is 10.7. The van der Waals surface area contributed by atoms with E-state index in [-0.39, 0.29) is 11.9 Å². The van der Waals surface area contributed by atoms with Crippen LogP contribution in [0.3, 0.4) is 0 Å². The Morgan fingerprint density at radius 2 is 2.12 bits per heavy atom. The first-order chi connectivity index (χ1) is 15.5. The number of aromatic nitrogens is 3. The van der Waals surface area contributed by atoms with Crippen LogP contribution >= 0.6 is 0 Å². The lowest BCUT2D eigenvalue weighted by atomic mass is 10.0. The van der Waals surface area contributed by atoms with Gasteiger partial charge in [-0.3, -0.25) is 4.79 Å². The number of rotatable bonds is 6. The fraction of sp³-hybridized carbons (Fsp3) is 0.333. The first-order valence-electron chi connectivity index (χ1n) is 10.7. The van der Waals surface area contributed by atoms with Gasteiger partial charge in [0.2, 0.25) is 5.91 Å². The molecule has 3 aromatic rings. The van der Waals surface area contributed by atoms with E-state index in [1.807, 2.05) is 31.3 Å². The van der Waals surface area contributed by atoms with Crippen molar-refractivity contribution in [2.75, 3.05) is 24.6 Å². The van der Waals surface area contributed by atoms with E-state index in [4.69, 9.17) is 4.74 Å². The summed E-state index contributed by atoms with van der Waals surface area (Å²) in [6.07, 6.45) is 6.89. The van der Waals surface area contributed by atoms with E-state index in [1.165, 1.54) is 0 Å². The minimum absolute atomic E-state index is 0.0804. The number of ether oxygens (including phenoxy) is 1. The molecule has 8 heteroatoms. The molecule has 1 amide bonds. The van der Waals surface area contributed by atoms with Gasteiger partial charge in [0, 0.05) is 42.0 Å². The average Bonchev–Trinajstić information content (AvgIpc) is 3.22. The number of nitrogens with one attached hydrogen (secondary N) is 1. The molecule has 0 radical (unpaired) electrons. The molecule has 32 heavy (non-hydrogen) atoms. The Kier molecular flexibility index (Phi) is 6.08. The summed E-state index contributed by atoms with van der Waals surface area (Å²) in [6, 6.07) is 8.30. The van der Waals surface area contributed by atoms with Crippen LogP contribution in [0.1, 0.15) is 32.3 Å². The summed E-state index contributed by atoms with van der Waals surface area (Å²) in [5, 5.41) is 16.8. The molecule has 1 N–H and O–H groups in total. The Labute approximate surface area is 187 Å². The molecule has 0 aromatic carbocycles. The lowest BCUT2D eigenvalue weighted by molar-refractivity contribution is -0.118. The van der Waals surface area contributed by atoms with Crippen molar-refractivity contribution in [3.8, 4) is 22.9 Å². The highest BCUT2D eigenvalue weighted by molar-refractivity contribution is 5.92. The lowest BCUT2D eigenvalue weighted by Gasteiger charge is -2.33. The predicted molar refractivity (Wildman–Crippen MR) is 122 cm³/mol. The number of hydrogen-bond acceptors (Lipinski definition) is 6. The molecule has 3 aromatic heterocycles. The van der Waals surface area contributed by atoms with E-state index >= 15 is 0 Å². The number of carbonyl (C=O) groups is 1. The Hall–Kier alpha value is -3.86. The monoisotopic (exact) mass is 430 g/mol. The maximum atomic E-state index is 11.8.